The first-order valence-corrected chi connectivity index (χ1v) is 14.5. The van der Waals surface area contributed by atoms with E-state index < -0.39 is 0 Å². The maximum atomic E-state index is 6.80. The Morgan fingerprint density at radius 3 is 1.53 bits per heavy atom. The molecule has 3 aliphatic heterocycles. The molecule has 12 rings (SSSR count). The van der Waals surface area contributed by atoms with Gasteiger partial charge in [0.05, 0.1) is 0 Å². The van der Waals surface area contributed by atoms with Gasteiger partial charge in [-0.15, -0.1) is 0 Å². The monoisotopic (exact) mass is 470 g/mol. The van der Waals surface area contributed by atoms with Crippen LogP contribution in [-0.4, -0.2) is 6.71 Å². The minimum absolute atomic E-state index is 0.0349. The van der Waals surface area contributed by atoms with E-state index in [1.807, 2.05) is 0 Å². The van der Waals surface area contributed by atoms with E-state index in [-0.39, 0.29) is 12.1 Å². The summed E-state index contributed by atoms with van der Waals surface area (Å²) in [4.78, 5) is 0. The van der Waals surface area contributed by atoms with Crippen LogP contribution < -0.4 is 25.9 Å². The van der Waals surface area contributed by atoms with Crippen molar-refractivity contribution in [3.05, 3.63) is 63.7 Å². The molecule has 0 spiro atoms. The van der Waals surface area contributed by atoms with Gasteiger partial charge in [-0.25, -0.2) is 0 Å². The summed E-state index contributed by atoms with van der Waals surface area (Å²) in [5.74, 6) is 7.15. The molecule has 0 N–H and O–H groups in total. The second kappa shape index (κ2) is 6.06. The molecule has 0 atom stereocenters. The van der Waals surface area contributed by atoms with E-state index in [1.54, 1.807) is 33.4 Å². The molecule has 2 saturated carbocycles. The predicted molar refractivity (Wildman–Crippen MR) is 144 cm³/mol. The van der Waals surface area contributed by atoms with Crippen molar-refractivity contribution in [1.29, 1.82) is 0 Å². The number of hydrogen-bond acceptors (Lipinski definition) is 2. The maximum absolute atomic E-state index is 6.80. The normalized spacial score (nSPS) is 29.7. The highest BCUT2D eigenvalue weighted by Crippen LogP contribution is 2.59. The quantitative estimate of drug-likeness (QED) is 0.239. The van der Waals surface area contributed by atoms with Crippen LogP contribution >= 0.6 is 0 Å². The zero-order valence-corrected chi connectivity index (χ0v) is 21.2. The molecule has 0 saturated heterocycles. The van der Waals surface area contributed by atoms with E-state index in [4.69, 9.17) is 9.47 Å². The second-order valence-corrected chi connectivity index (χ2v) is 13.4. The van der Waals surface area contributed by atoms with Crippen LogP contribution in [0.5, 0.6) is 23.0 Å². The standard InChI is InChI=1S/C33H31BO2/c1-33(2)28-26-18-10-6-16(7-11-18)20(26)14-24-31(28)34-30-22(35-24)4-3-5-23(30)36-25-15-21-17-8-12-19(13-9-17)27(21)29(33)32(25)34/h3-5,14-19H,6-13H2,1-2H3. The molecule has 2 nitrogen and oxygen atoms in total. The molecule has 6 aliphatic carbocycles. The van der Waals surface area contributed by atoms with Crippen molar-refractivity contribution < 1.29 is 9.47 Å². The highest BCUT2D eigenvalue weighted by Gasteiger charge is 2.55. The molecule has 3 aromatic rings. The number of ether oxygens (including phenoxy) is 2. The lowest BCUT2D eigenvalue weighted by atomic mass is 9.28. The van der Waals surface area contributed by atoms with Crippen molar-refractivity contribution in [1.82, 2.24) is 0 Å². The van der Waals surface area contributed by atoms with Crippen LogP contribution in [-0.2, 0) is 5.41 Å². The van der Waals surface area contributed by atoms with Gasteiger partial charge in [0.25, 0.3) is 6.71 Å². The molecule has 178 valence electrons. The first-order chi connectivity index (χ1) is 17.6. The average Bonchev–Trinajstić information content (AvgIpc) is 2.91. The van der Waals surface area contributed by atoms with Crippen molar-refractivity contribution in [2.24, 2.45) is 0 Å². The summed E-state index contributed by atoms with van der Waals surface area (Å²) in [5, 5.41) is 0. The lowest BCUT2D eigenvalue weighted by Crippen LogP contribution is -2.65. The van der Waals surface area contributed by atoms with Gasteiger partial charge in [-0.2, -0.15) is 0 Å². The summed E-state index contributed by atoms with van der Waals surface area (Å²) in [5.41, 5.74) is 14.2. The molecule has 0 aromatic heterocycles. The first-order valence-electron chi connectivity index (χ1n) is 14.5. The van der Waals surface area contributed by atoms with Gasteiger partial charge in [0.1, 0.15) is 23.0 Å². The van der Waals surface area contributed by atoms with Gasteiger partial charge in [-0.3, -0.25) is 0 Å². The minimum Gasteiger partial charge on any atom is -0.458 e. The summed E-state index contributed by atoms with van der Waals surface area (Å²) in [6.07, 6.45) is 10.9. The zero-order chi connectivity index (χ0) is 23.5. The maximum Gasteiger partial charge on any atom is 0.261 e. The van der Waals surface area contributed by atoms with Crippen LogP contribution in [0.15, 0.2) is 30.3 Å². The lowest BCUT2D eigenvalue weighted by molar-refractivity contribution is 0.344. The Morgan fingerprint density at radius 2 is 1.06 bits per heavy atom. The fourth-order valence-electron chi connectivity index (χ4n) is 10.2. The molecule has 9 aliphatic rings. The van der Waals surface area contributed by atoms with Gasteiger partial charge < -0.3 is 9.47 Å². The molecule has 3 heterocycles. The van der Waals surface area contributed by atoms with E-state index in [1.165, 1.54) is 67.8 Å². The first kappa shape index (κ1) is 19.4. The molecular formula is C33H31BO2. The zero-order valence-electron chi connectivity index (χ0n) is 21.2. The fourth-order valence-corrected chi connectivity index (χ4v) is 10.2. The van der Waals surface area contributed by atoms with Gasteiger partial charge in [-0.1, -0.05) is 19.9 Å². The van der Waals surface area contributed by atoms with Gasteiger partial charge in [-0.05, 0) is 144 Å². The Bertz CT molecular complexity index is 1440. The van der Waals surface area contributed by atoms with Crippen molar-refractivity contribution in [2.75, 3.05) is 0 Å². The predicted octanol–water partition coefficient (Wildman–Crippen LogP) is 6.56. The second-order valence-electron chi connectivity index (χ2n) is 13.4. The SMILES string of the molecule is CC1(C)c2c3c(cc4c2C2CCC4CC2)Oc2cccc4c2B3c2c(cc3c(c21)C1CCC3CC1)O4. The van der Waals surface area contributed by atoms with Gasteiger partial charge in [0.2, 0.25) is 0 Å². The molecule has 3 heteroatoms. The molecule has 0 unspecified atom stereocenters. The van der Waals surface area contributed by atoms with Crippen molar-refractivity contribution in [3.63, 3.8) is 0 Å². The van der Waals surface area contributed by atoms with Crippen LogP contribution in [0.1, 0.15) is 122 Å². The van der Waals surface area contributed by atoms with E-state index in [2.05, 4.69) is 44.2 Å². The highest BCUT2D eigenvalue weighted by atomic mass is 16.5. The summed E-state index contributed by atoms with van der Waals surface area (Å²) in [6.45, 7) is 5.35. The largest absolute Gasteiger partial charge is 0.458 e. The average molecular weight is 470 g/mol. The van der Waals surface area contributed by atoms with Crippen LogP contribution in [0.2, 0.25) is 0 Å². The number of rotatable bonds is 0. The van der Waals surface area contributed by atoms with Crippen LogP contribution in [0.4, 0.5) is 0 Å². The van der Waals surface area contributed by atoms with Crippen LogP contribution in [0.3, 0.4) is 0 Å². The summed E-state index contributed by atoms with van der Waals surface area (Å²) < 4.78 is 13.6. The van der Waals surface area contributed by atoms with Crippen LogP contribution in [0.25, 0.3) is 0 Å². The molecule has 36 heavy (non-hydrogen) atoms. The highest BCUT2D eigenvalue weighted by molar-refractivity contribution is 6.99. The molecular weight excluding hydrogens is 439 g/mol. The summed E-state index contributed by atoms with van der Waals surface area (Å²) in [7, 11) is 0. The lowest BCUT2D eigenvalue weighted by Gasteiger charge is -2.52. The Balaban J connectivity index is 1.40. The van der Waals surface area contributed by atoms with Crippen LogP contribution in [0, 0.1) is 0 Å². The topological polar surface area (TPSA) is 18.5 Å². The summed E-state index contributed by atoms with van der Waals surface area (Å²) >= 11 is 0. The fraction of sp³-hybridized carbons (Fsp3) is 0.455. The van der Waals surface area contributed by atoms with Crippen molar-refractivity contribution in [3.8, 4) is 23.0 Å². The smallest absolute Gasteiger partial charge is 0.261 e. The number of hydrogen-bond donors (Lipinski definition) is 0. The molecule has 0 radical (unpaired) electrons. The van der Waals surface area contributed by atoms with E-state index in [0.717, 1.165) is 34.8 Å². The summed E-state index contributed by atoms with van der Waals surface area (Å²) in [6, 6.07) is 11.4. The Hall–Kier alpha value is -2.68. The molecule has 0 amide bonds. The van der Waals surface area contributed by atoms with Gasteiger partial charge in [0.15, 0.2) is 0 Å². The van der Waals surface area contributed by atoms with E-state index >= 15 is 0 Å². The number of fused-ring (bicyclic) bond motifs is 4. The third-order valence-corrected chi connectivity index (χ3v) is 11.5. The third-order valence-electron chi connectivity index (χ3n) is 11.5. The third kappa shape index (κ3) is 2.02. The molecule has 4 bridgehead atoms. The number of benzene rings is 3. The van der Waals surface area contributed by atoms with Crippen molar-refractivity contribution in [2.45, 2.75) is 94.3 Å². The van der Waals surface area contributed by atoms with Gasteiger partial charge in [0, 0.05) is 10.9 Å². The van der Waals surface area contributed by atoms with Gasteiger partial charge >= 0.3 is 0 Å². The Morgan fingerprint density at radius 1 is 0.611 bits per heavy atom. The minimum atomic E-state index is -0.0349. The van der Waals surface area contributed by atoms with E-state index in [0.29, 0.717) is 11.8 Å². The molecule has 2 fully saturated rings. The Labute approximate surface area is 213 Å². The van der Waals surface area contributed by atoms with Crippen molar-refractivity contribution >= 4 is 23.1 Å². The molecule has 3 aromatic carbocycles. The van der Waals surface area contributed by atoms with E-state index in [9.17, 15) is 0 Å². The Kier molecular flexibility index (Phi) is 3.27.